The molecule has 4 heteroatoms. The van der Waals surface area contributed by atoms with Crippen LogP contribution < -0.4 is 5.73 Å². The number of rotatable bonds is 15. The highest BCUT2D eigenvalue weighted by Crippen LogP contribution is 2.19. The molecular formula is C23H37NO3. The quantitative estimate of drug-likeness (QED) is 0.136. The molecule has 152 valence electrons. The van der Waals surface area contributed by atoms with Crippen molar-refractivity contribution in [2.45, 2.75) is 83.8 Å². The maximum Gasteiger partial charge on any atom is 0.251 e. The number of carbonyl (C=O) groups excluding carboxylic acids is 1. The Kier molecular flexibility index (Phi) is 11.7. The highest BCUT2D eigenvalue weighted by Gasteiger charge is 2.34. The molecule has 1 aromatic carbocycles. The third kappa shape index (κ3) is 9.21. The molecule has 1 unspecified atom stereocenters. The lowest BCUT2D eigenvalue weighted by atomic mass is 10.0. The molecule has 1 atom stereocenters. The number of nitrogens with two attached hydrogens (primary N) is 1. The summed E-state index contributed by atoms with van der Waals surface area (Å²) in [6, 6.07) is 6.50. The number of Topliss-reactive ketones (excluding diaryl/α,β-unsaturated/α-hetero) is 1. The average Bonchev–Trinajstić information content (AvgIpc) is 2.66. The summed E-state index contributed by atoms with van der Waals surface area (Å²) in [5, 5.41) is 10.7. The fraction of sp³-hybridized carbons (Fsp3) is 0.609. The van der Waals surface area contributed by atoms with Gasteiger partial charge in [-0.05, 0) is 43.7 Å². The van der Waals surface area contributed by atoms with Crippen molar-refractivity contribution in [2.24, 2.45) is 0 Å². The molecule has 1 aromatic rings. The minimum atomic E-state index is -1.91. The lowest BCUT2D eigenvalue weighted by molar-refractivity contribution is -0.132. The van der Waals surface area contributed by atoms with E-state index in [9.17, 15) is 9.90 Å². The Balaban J connectivity index is 2.30. The van der Waals surface area contributed by atoms with E-state index in [0.29, 0.717) is 17.9 Å². The first-order valence-corrected chi connectivity index (χ1v) is 10.4. The molecule has 3 N–H and O–H groups in total. The maximum absolute atomic E-state index is 12.6. The second kappa shape index (κ2) is 13.5. The van der Waals surface area contributed by atoms with Crippen LogP contribution in [0.2, 0.25) is 0 Å². The van der Waals surface area contributed by atoms with Crippen LogP contribution >= 0.6 is 0 Å². The van der Waals surface area contributed by atoms with E-state index in [1.165, 1.54) is 57.4 Å². The summed E-state index contributed by atoms with van der Waals surface area (Å²) < 4.78 is 5.58. The molecule has 27 heavy (non-hydrogen) atoms. The van der Waals surface area contributed by atoms with Crippen LogP contribution in [0.1, 0.15) is 88.4 Å². The Hall–Kier alpha value is -1.65. The van der Waals surface area contributed by atoms with Gasteiger partial charge in [0.25, 0.3) is 5.79 Å². The van der Waals surface area contributed by atoms with Crippen molar-refractivity contribution in [1.29, 1.82) is 0 Å². The largest absolute Gasteiger partial charge is 0.399 e. The number of ketones is 1. The van der Waals surface area contributed by atoms with Crippen LogP contribution in [0.4, 0.5) is 5.69 Å². The summed E-state index contributed by atoms with van der Waals surface area (Å²) in [5.41, 5.74) is 6.61. The van der Waals surface area contributed by atoms with Crippen LogP contribution in [0.5, 0.6) is 0 Å². The van der Waals surface area contributed by atoms with Crippen molar-refractivity contribution in [3.05, 3.63) is 42.0 Å². The lowest BCUT2D eigenvalue weighted by Crippen LogP contribution is -2.40. The molecule has 0 saturated heterocycles. The normalized spacial score (nSPS) is 13.7. The molecule has 0 heterocycles. The second-order valence-corrected chi connectivity index (χ2v) is 7.18. The van der Waals surface area contributed by atoms with Gasteiger partial charge >= 0.3 is 0 Å². The van der Waals surface area contributed by atoms with Gasteiger partial charge in [-0.2, -0.15) is 0 Å². The molecule has 0 aliphatic carbocycles. The molecule has 0 spiro atoms. The minimum absolute atomic E-state index is 0.359. The fourth-order valence-electron chi connectivity index (χ4n) is 3.07. The number of unbranched alkanes of at least 4 members (excludes halogenated alkanes) is 9. The molecule has 1 rings (SSSR count). The SMILES string of the molecule is CC=CC(O)(OCCCCCCCCCCCC)C(=O)c1ccc(N)cc1. The Morgan fingerprint density at radius 1 is 1.00 bits per heavy atom. The summed E-state index contributed by atoms with van der Waals surface area (Å²) in [6.07, 6.45) is 15.3. The van der Waals surface area contributed by atoms with Crippen LogP contribution in [0, 0.1) is 0 Å². The minimum Gasteiger partial charge on any atom is -0.399 e. The average molecular weight is 376 g/mol. The molecule has 0 aliphatic heterocycles. The number of ether oxygens (including phenoxy) is 1. The number of aliphatic hydroxyl groups is 1. The number of carbonyl (C=O) groups is 1. The van der Waals surface area contributed by atoms with Crippen LogP contribution in [-0.2, 0) is 4.74 Å². The smallest absolute Gasteiger partial charge is 0.251 e. The van der Waals surface area contributed by atoms with Gasteiger partial charge in [-0.25, -0.2) is 0 Å². The van der Waals surface area contributed by atoms with Gasteiger partial charge in [0.1, 0.15) is 0 Å². The molecule has 0 aromatic heterocycles. The predicted octanol–water partition coefficient (Wildman–Crippen LogP) is 5.65. The Labute approximate surface area is 164 Å². The monoisotopic (exact) mass is 375 g/mol. The van der Waals surface area contributed by atoms with E-state index in [2.05, 4.69) is 6.92 Å². The van der Waals surface area contributed by atoms with Gasteiger partial charge in [-0.3, -0.25) is 4.79 Å². The molecule has 0 radical (unpaired) electrons. The third-order valence-corrected chi connectivity index (χ3v) is 4.71. The molecule has 0 saturated carbocycles. The molecular weight excluding hydrogens is 338 g/mol. The Bertz CT molecular complexity index is 553. The van der Waals surface area contributed by atoms with Crippen molar-refractivity contribution in [2.75, 3.05) is 12.3 Å². The van der Waals surface area contributed by atoms with Gasteiger partial charge in [0, 0.05) is 11.3 Å². The van der Waals surface area contributed by atoms with Crippen LogP contribution in [0.3, 0.4) is 0 Å². The maximum atomic E-state index is 12.6. The van der Waals surface area contributed by atoms with E-state index < -0.39 is 11.6 Å². The fourth-order valence-corrected chi connectivity index (χ4v) is 3.07. The van der Waals surface area contributed by atoms with Crippen LogP contribution in [0.15, 0.2) is 36.4 Å². The molecule has 4 nitrogen and oxygen atoms in total. The second-order valence-electron chi connectivity index (χ2n) is 7.18. The summed E-state index contributed by atoms with van der Waals surface area (Å²) >= 11 is 0. The van der Waals surface area contributed by atoms with Gasteiger partial charge in [0.05, 0.1) is 6.61 Å². The van der Waals surface area contributed by atoms with Gasteiger partial charge in [0.2, 0.25) is 5.78 Å². The number of anilines is 1. The zero-order valence-corrected chi connectivity index (χ0v) is 17.1. The summed E-state index contributed by atoms with van der Waals surface area (Å²) in [6.45, 7) is 4.35. The number of allylic oxidation sites excluding steroid dienone is 1. The van der Waals surface area contributed by atoms with E-state index in [-0.39, 0.29) is 0 Å². The predicted molar refractivity (Wildman–Crippen MR) is 113 cm³/mol. The Morgan fingerprint density at radius 3 is 2.04 bits per heavy atom. The summed E-state index contributed by atoms with van der Waals surface area (Å²) in [7, 11) is 0. The molecule has 0 fully saturated rings. The van der Waals surface area contributed by atoms with Gasteiger partial charge in [-0.15, -0.1) is 0 Å². The number of hydrogen-bond donors (Lipinski definition) is 2. The van der Waals surface area contributed by atoms with Crippen molar-refractivity contribution < 1.29 is 14.6 Å². The van der Waals surface area contributed by atoms with E-state index in [1.807, 2.05) is 0 Å². The van der Waals surface area contributed by atoms with Crippen molar-refractivity contribution in [3.8, 4) is 0 Å². The number of benzene rings is 1. The molecule has 0 aliphatic rings. The summed E-state index contributed by atoms with van der Waals surface area (Å²) in [5.74, 6) is -2.38. The first-order chi connectivity index (χ1) is 13.0. The van der Waals surface area contributed by atoms with E-state index in [0.717, 1.165) is 12.8 Å². The van der Waals surface area contributed by atoms with E-state index >= 15 is 0 Å². The van der Waals surface area contributed by atoms with E-state index in [4.69, 9.17) is 10.5 Å². The highest BCUT2D eigenvalue weighted by atomic mass is 16.6. The summed E-state index contributed by atoms with van der Waals surface area (Å²) in [4.78, 5) is 12.6. The molecule has 0 bridgehead atoms. The van der Waals surface area contributed by atoms with Crippen molar-refractivity contribution in [3.63, 3.8) is 0 Å². The number of hydrogen-bond acceptors (Lipinski definition) is 4. The van der Waals surface area contributed by atoms with Crippen molar-refractivity contribution in [1.82, 2.24) is 0 Å². The topological polar surface area (TPSA) is 72.5 Å². The van der Waals surface area contributed by atoms with Crippen LogP contribution in [0.25, 0.3) is 0 Å². The first kappa shape index (κ1) is 23.4. The van der Waals surface area contributed by atoms with Crippen LogP contribution in [-0.4, -0.2) is 23.3 Å². The third-order valence-electron chi connectivity index (χ3n) is 4.71. The Morgan fingerprint density at radius 2 is 1.52 bits per heavy atom. The van der Waals surface area contributed by atoms with Gasteiger partial charge in [0.15, 0.2) is 0 Å². The number of nitrogen functional groups attached to an aromatic ring is 1. The van der Waals surface area contributed by atoms with Gasteiger partial charge in [-0.1, -0.05) is 70.8 Å². The van der Waals surface area contributed by atoms with Gasteiger partial charge < -0.3 is 15.6 Å². The zero-order valence-electron chi connectivity index (χ0n) is 17.1. The standard InChI is InChI=1S/C23H37NO3/c1-3-5-6-7-8-9-10-11-12-13-19-27-23(26,18-4-2)22(25)20-14-16-21(24)17-15-20/h4,14-18,26H,3,5-13,19,24H2,1-2H3. The van der Waals surface area contributed by atoms with E-state index in [1.54, 1.807) is 37.3 Å². The highest BCUT2D eigenvalue weighted by molar-refractivity contribution is 6.02. The van der Waals surface area contributed by atoms with Crippen molar-refractivity contribution >= 4 is 11.5 Å². The first-order valence-electron chi connectivity index (χ1n) is 10.4. The molecule has 0 amide bonds. The zero-order chi connectivity index (χ0) is 20.0. The lowest BCUT2D eigenvalue weighted by Gasteiger charge is -2.23.